The Morgan fingerprint density at radius 1 is 1.30 bits per heavy atom. The van der Waals surface area contributed by atoms with Crippen molar-refractivity contribution in [3.05, 3.63) is 34.6 Å². The van der Waals surface area contributed by atoms with E-state index in [4.69, 9.17) is 0 Å². The largest absolute Gasteiger partial charge is 0.337 e. The molecule has 0 fully saturated rings. The van der Waals surface area contributed by atoms with Crippen molar-refractivity contribution in [3.8, 4) is 6.07 Å². The van der Waals surface area contributed by atoms with Gasteiger partial charge in [-0.15, -0.1) is 10.2 Å². The van der Waals surface area contributed by atoms with Gasteiger partial charge in [-0.05, 0) is 38.3 Å². The summed E-state index contributed by atoms with van der Waals surface area (Å²) >= 11 is 1.25. The zero-order valence-corrected chi connectivity index (χ0v) is 18.7. The summed E-state index contributed by atoms with van der Waals surface area (Å²) in [7, 11) is 0. The number of hydrogen-bond donors (Lipinski definition) is 1. The normalized spacial score (nSPS) is 14.6. The van der Waals surface area contributed by atoms with E-state index >= 15 is 0 Å². The highest BCUT2D eigenvalue weighted by Gasteiger charge is 2.32. The fourth-order valence-electron chi connectivity index (χ4n) is 3.11. The van der Waals surface area contributed by atoms with Gasteiger partial charge in [0.15, 0.2) is 5.16 Å². The summed E-state index contributed by atoms with van der Waals surface area (Å²) < 4.78 is 3.45. The van der Waals surface area contributed by atoms with E-state index in [0.717, 1.165) is 6.42 Å². The van der Waals surface area contributed by atoms with Crippen LogP contribution in [0.15, 0.2) is 34.2 Å². The van der Waals surface area contributed by atoms with Gasteiger partial charge in [0.05, 0.1) is 22.2 Å². The van der Waals surface area contributed by atoms with Crippen molar-refractivity contribution < 1.29 is 4.79 Å². The van der Waals surface area contributed by atoms with E-state index < -0.39 is 10.8 Å². The van der Waals surface area contributed by atoms with Crippen LogP contribution in [0.1, 0.15) is 41.0 Å². The first-order chi connectivity index (χ1) is 14.2. The van der Waals surface area contributed by atoms with E-state index in [1.54, 1.807) is 24.5 Å². The molecule has 3 aromatic rings. The molecule has 8 nitrogen and oxygen atoms in total. The molecule has 0 aliphatic rings. The first kappa shape index (κ1) is 21.8. The molecule has 9 heteroatoms. The Balaban J connectivity index is 2.03. The Morgan fingerprint density at radius 3 is 2.63 bits per heavy atom. The topological polar surface area (TPSA) is 105 Å². The zero-order chi connectivity index (χ0) is 22.1. The average molecular weight is 427 g/mol. The number of para-hydroxylation sites is 1. The molecular formula is C21H26N6O2S. The Morgan fingerprint density at radius 2 is 2.00 bits per heavy atom. The summed E-state index contributed by atoms with van der Waals surface area (Å²) in [6, 6.07) is 9.51. The number of hydrogen-bond acceptors (Lipinski definition) is 6. The van der Waals surface area contributed by atoms with E-state index in [0.29, 0.717) is 28.4 Å². The van der Waals surface area contributed by atoms with Gasteiger partial charge in [-0.25, -0.2) is 0 Å². The maximum Gasteiger partial charge on any atom is 0.262 e. The van der Waals surface area contributed by atoms with Crippen molar-refractivity contribution in [1.82, 2.24) is 24.5 Å². The second-order valence-corrected chi connectivity index (χ2v) is 9.12. The van der Waals surface area contributed by atoms with Gasteiger partial charge in [0.25, 0.3) is 5.56 Å². The smallest absolute Gasteiger partial charge is 0.262 e. The van der Waals surface area contributed by atoms with Crippen LogP contribution in [0.3, 0.4) is 0 Å². The van der Waals surface area contributed by atoms with Crippen molar-refractivity contribution in [2.24, 2.45) is 5.92 Å². The first-order valence-electron chi connectivity index (χ1n) is 10.00. The van der Waals surface area contributed by atoms with Crippen molar-refractivity contribution in [1.29, 1.82) is 5.26 Å². The zero-order valence-electron chi connectivity index (χ0n) is 17.8. The lowest BCUT2D eigenvalue weighted by Crippen LogP contribution is -2.51. The molecule has 30 heavy (non-hydrogen) atoms. The first-order valence-corrected chi connectivity index (χ1v) is 10.9. The number of aryl methyl sites for hydroxylation is 1. The number of aromatic nitrogens is 4. The summed E-state index contributed by atoms with van der Waals surface area (Å²) in [5, 5.41) is 21.4. The maximum atomic E-state index is 12.9. The molecule has 0 saturated heterocycles. The van der Waals surface area contributed by atoms with Crippen molar-refractivity contribution in [2.75, 3.05) is 0 Å². The molecule has 2 atom stereocenters. The molecule has 0 radical (unpaired) electrons. The number of fused-ring (bicyclic) bond motifs is 3. The average Bonchev–Trinajstić information content (AvgIpc) is 3.14. The van der Waals surface area contributed by atoms with Crippen LogP contribution in [0.4, 0.5) is 0 Å². The number of nitrogens with one attached hydrogen (secondary N) is 1. The van der Waals surface area contributed by atoms with Gasteiger partial charge in [-0.1, -0.05) is 44.7 Å². The van der Waals surface area contributed by atoms with Crippen LogP contribution in [0.5, 0.6) is 0 Å². The number of rotatable bonds is 7. The van der Waals surface area contributed by atoms with E-state index in [1.165, 1.54) is 11.8 Å². The van der Waals surface area contributed by atoms with Crippen LogP contribution in [0.25, 0.3) is 16.7 Å². The van der Waals surface area contributed by atoms with Crippen LogP contribution in [0.2, 0.25) is 0 Å². The minimum Gasteiger partial charge on any atom is -0.337 e. The highest BCUT2D eigenvalue weighted by molar-refractivity contribution is 8.00. The molecular weight excluding hydrogens is 400 g/mol. The molecule has 2 heterocycles. The molecule has 158 valence electrons. The van der Waals surface area contributed by atoms with Crippen LogP contribution in [-0.4, -0.2) is 35.9 Å². The number of benzene rings is 1. The third-order valence-electron chi connectivity index (χ3n) is 5.35. The van der Waals surface area contributed by atoms with Crippen molar-refractivity contribution in [2.45, 2.75) is 63.5 Å². The quantitative estimate of drug-likeness (QED) is 0.582. The van der Waals surface area contributed by atoms with E-state index in [9.17, 15) is 14.9 Å². The third-order valence-corrected chi connectivity index (χ3v) is 6.39. The standard InChI is InChI=1S/C21H26N6O2S/c1-6-11-26-18(29)15-9-7-8-10-16(15)27-19(26)24-25-20(27)30-14(4)17(28)23-21(5,12-22)13(2)3/h7-10,13-14H,6,11H2,1-5H3,(H,23,28)/t14-,21+/m1/s1. The molecule has 1 aromatic carbocycles. The van der Waals surface area contributed by atoms with Crippen LogP contribution >= 0.6 is 11.8 Å². The summed E-state index contributed by atoms with van der Waals surface area (Å²) in [4.78, 5) is 25.7. The monoisotopic (exact) mass is 426 g/mol. The lowest BCUT2D eigenvalue weighted by Gasteiger charge is -2.28. The molecule has 1 N–H and O–H groups in total. The van der Waals surface area contributed by atoms with Gasteiger partial charge in [0.2, 0.25) is 11.7 Å². The van der Waals surface area contributed by atoms with Crippen LogP contribution < -0.4 is 10.9 Å². The Bertz CT molecular complexity index is 1190. The minimum atomic E-state index is -0.951. The Hall–Kier alpha value is -2.86. The molecule has 0 saturated carbocycles. The van der Waals surface area contributed by atoms with Gasteiger partial charge in [-0.3, -0.25) is 18.6 Å². The fourth-order valence-corrected chi connectivity index (χ4v) is 3.96. The fraction of sp³-hybridized carbons (Fsp3) is 0.476. The van der Waals surface area contributed by atoms with Crippen molar-refractivity contribution >= 4 is 34.3 Å². The molecule has 1 amide bonds. The predicted molar refractivity (Wildman–Crippen MR) is 117 cm³/mol. The molecule has 2 aromatic heterocycles. The molecule has 0 aliphatic carbocycles. The summed E-state index contributed by atoms with van der Waals surface area (Å²) in [6.45, 7) is 9.80. The lowest BCUT2D eigenvalue weighted by atomic mass is 9.90. The highest BCUT2D eigenvalue weighted by atomic mass is 32.2. The number of thioether (sulfide) groups is 1. The van der Waals surface area contributed by atoms with Gasteiger partial charge in [0, 0.05) is 6.54 Å². The van der Waals surface area contributed by atoms with Gasteiger partial charge in [0.1, 0.15) is 5.54 Å². The van der Waals surface area contributed by atoms with Gasteiger partial charge < -0.3 is 5.32 Å². The third kappa shape index (κ3) is 3.79. The van der Waals surface area contributed by atoms with Gasteiger partial charge >= 0.3 is 0 Å². The van der Waals surface area contributed by atoms with E-state index in [2.05, 4.69) is 21.6 Å². The van der Waals surface area contributed by atoms with Crippen LogP contribution in [0, 0.1) is 17.2 Å². The number of nitrogens with zero attached hydrogens (tertiary/aromatic N) is 5. The number of nitriles is 1. The number of amides is 1. The van der Waals surface area contributed by atoms with Crippen LogP contribution in [-0.2, 0) is 11.3 Å². The Kier molecular flexibility index (Phi) is 6.17. The molecule has 0 spiro atoms. The maximum absolute atomic E-state index is 12.9. The SMILES string of the molecule is CCCn1c(=O)c2ccccc2n2c(S[C@H](C)C(=O)N[C@@](C)(C#N)C(C)C)nnc12. The van der Waals surface area contributed by atoms with Gasteiger partial charge in [-0.2, -0.15) is 5.26 Å². The second kappa shape index (κ2) is 8.48. The highest BCUT2D eigenvalue weighted by Crippen LogP contribution is 2.26. The summed E-state index contributed by atoms with van der Waals surface area (Å²) in [5.74, 6) is 0.172. The second-order valence-electron chi connectivity index (χ2n) is 7.81. The van der Waals surface area contributed by atoms with E-state index in [1.807, 2.05) is 43.4 Å². The molecule has 0 unspecified atom stereocenters. The minimum absolute atomic E-state index is 0.0370. The van der Waals surface area contributed by atoms with E-state index in [-0.39, 0.29) is 17.4 Å². The molecule has 0 aliphatic heterocycles. The molecule has 3 rings (SSSR count). The lowest BCUT2D eigenvalue weighted by molar-refractivity contribution is -0.121. The summed E-state index contributed by atoms with van der Waals surface area (Å²) in [5.41, 5.74) is -0.349. The molecule has 0 bridgehead atoms. The van der Waals surface area contributed by atoms with Crippen molar-refractivity contribution in [3.63, 3.8) is 0 Å². The summed E-state index contributed by atoms with van der Waals surface area (Å²) in [6.07, 6.45) is 0.782. The Labute approximate surface area is 179 Å². The number of carbonyl (C=O) groups is 1. The number of carbonyl (C=O) groups excluding carboxylic acids is 1. The predicted octanol–water partition coefficient (Wildman–Crippen LogP) is 2.99.